The molecule has 12 atom stereocenters. The van der Waals surface area contributed by atoms with Crippen LogP contribution in [0.1, 0.15) is 201 Å². The summed E-state index contributed by atoms with van der Waals surface area (Å²) in [6.45, 7) is 21.0. The molecular formula is C116H147FN20O12. The van der Waals surface area contributed by atoms with E-state index < -0.39 is 30.2 Å². The first-order valence-electron chi connectivity index (χ1n) is 53.7. The van der Waals surface area contributed by atoms with Crippen molar-refractivity contribution in [1.29, 1.82) is 0 Å². The van der Waals surface area contributed by atoms with Crippen molar-refractivity contribution < 1.29 is 61.7 Å². The predicted molar refractivity (Wildman–Crippen MR) is 572 cm³/mol. The number of benzene rings is 4. The van der Waals surface area contributed by atoms with Crippen LogP contribution in [0.5, 0.6) is 0 Å². The molecule has 16 heterocycles. The molecule has 0 unspecified atom stereocenters. The standard InChI is InChI=1S/C30H39N5O3.2C29H37N5O3.C28H34FN5O3/c1-4-21-9-11-22(12-10-21)24-7-5-15-34-19-25(32-28(24)34)26-8-6-16-35(26)30(37)27(23-13-17-38-18-14-23)33-29(36)20(2)31-3;1-19-11-15-33-18-23(31-27(33)25(19)21-8-5-4-6-9-21)24-10-7-14-34(24)29(36)26(22-12-16-37-17-13-22)32-28(35)20(2)30-3;1-19-11-12-23(21-8-5-4-6-9-21)27-31-24(18-34(19)27)25-10-7-15-33(25)29(36)26(22-13-16-37-17-14-22)32-28(35)20(2)30-3;1-18(30-2)27(35)32-25(20-10-13-37-14-11-20)28(36)34-12-6-9-24(34)23-17-33-16-21(29)15-22(26(33)31-23)19-7-4-3-5-8-19/h5,7,9-12,15,19-20,23,26-27,31H,4,6,8,13-14,16-18H2,1-3H3,(H,33,36);4-6,8-9,11,15,18,20,22,24,26,30H,7,10,12-14,16-17H2,1-3H3,(H,32,35);4-6,8-9,11-12,18,20,22,25-26,30H,7,10,13-17H2,1-3H3,(H,32,35);3-5,7-8,15-18,20,24-25,30H,6,9-14H2,1-2H3,(H,32,35)/t20-,26-,27-;20-,24-,26-;20-,25-,26-;18-,24-,25-/m0000/s1. The minimum absolute atomic E-state index is 0.00959. The van der Waals surface area contributed by atoms with Crippen LogP contribution in [0.25, 0.3) is 67.1 Å². The molecule has 8 amide bonds. The lowest BCUT2D eigenvalue weighted by molar-refractivity contribution is -0.140. The number of likely N-dealkylation sites (N-methyl/N-ethyl adjacent to an activating group) is 4. The molecule has 12 aromatic rings. The molecule has 0 bridgehead atoms. The Hall–Kier alpha value is -13.0. The van der Waals surface area contributed by atoms with Gasteiger partial charge in [0.2, 0.25) is 47.3 Å². The smallest absolute Gasteiger partial charge is 0.246 e. The quantitative estimate of drug-likeness (QED) is 0.0216. The van der Waals surface area contributed by atoms with Crippen molar-refractivity contribution in [2.75, 3.05) is 107 Å². The highest BCUT2D eigenvalue weighted by molar-refractivity contribution is 5.94. The molecule has 8 fully saturated rings. The van der Waals surface area contributed by atoms with Crippen LogP contribution in [0.4, 0.5) is 4.39 Å². The summed E-state index contributed by atoms with van der Waals surface area (Å²) < 4.78 is 44.7. The number of hydrogen-bond acceptors (Lipinski definition) is 20. The third-order valence-corrected chi connectivity index (χ3v) is 31.7. The van der Waals surface area contributed by atoms with E-state index in [1.54, 1.807) is 39.5 Å². The molecule has 33 heteroatoms. The minimum Gasteiger partial charge on any atom is -0.381 e. The highest BCUT2D eigenvalue weighted by Crippen LogP contribution is 2.43. The number of pyridine rings is 4. The number of rotatable bonds is 29. The maximum Gasteiger partial charge on any atom is 0.246 e. The number of nitrogens with zero attached hydrogens (tertiary/aromatic N) is 12. The largest absolute Gasteiger partial charge is 0.381 e. The van der Waals surface area contributed by atoms with Gasteiger partial charge in [-0.1, -0.05) is 122 Å². The van der Waals surface area contributed by atoms with E-state index >= 15 is 0 Å². The molecule has 32 nitrogen and oxygen atoms in total. The second-order valence-electron chi connectivity index (χ2n) is 41.0. The lowest BCUT2D eigenvalue weighted by atomic mass is 9.90. The van der Waals surface area contributed by atoms with Crippen LogP contribution < -0.4 is 42.5 Å². The van der Waals surface area contributed by atoms with E-state index in [2.05, 4.69) is 168 Å². The number of halogens is 1. The fourth-order valence-corrected chi connectivity index (χ4v) is 22.3. The van der Waals surface area contributed by atoms with Crippen LogP contribution in [0.2, 0.25) is 0 Å². The van der Waals surface area contributed by atoms with Crippen molar-refractivity contribution in [2.24, 2.45) is 23.7 Å². The van der Waals surface area contributed by atoms with Crippen LogP contribution in [0.15, 0.2) is 195 Å². The van der Waals surface area contributed by atoms with E-state index in [-0.39, 0.29) is 119 Å². The Morgan fingerprint density at radius 3 is 1.06 bits per heavy atom. The third kappa shape index (κ3) is 24.7. The maximum atomic E-state index is 14.5. The zero-order valence-electron chi connectivity index (χ0n) is 87.9. The second-order valence-corrected chi connectivity index (χ2v) is 41.0. The Morgan fingerprint density at radius 1 is 0.349 bits per heavy atom. The number of likely N-dealkylation sites (tertiary alicyclic amines) is 4. The maximum absolute atomic E-state index is 14.5. The highest BCUT2D eigenvalue weighted by atomic mass is 19.1. The average molecular weight is 2030 g/mol. The Kier molecular flexibility index (Phi) is 36.1. The summed E-state index contributed by atoms with van der Waals surface area (Å²) in [6, 6.07) is 46.4. The molecule has 0 saturated carbocycles. The number of ether oxygens (including phenoxy) is 4. The lowest BCUT2D eigenvalue weighted by Gasteiger charge is -2.35. The zero-order valence-corrected chi connectivity index (χ0v) is 87.9. The molecule has 4 aromatic carbocycles. The first-order valence-corrected chi connectivity index (χ1v) is 53.7. The molecule has 8 aromatic heterocycles. The summed E-state index contributed by atoms with van der Waals surface area (Å²) in [4.78, 5) is 135. The fourth-order valence-electron chi connectivity index (χ4n) is 22.3. The first kappa shape index (κ1) is 107. The highest BCUT2D eigenvalue weighted by Gasteiger charge is 2.47. The van der Waals surface area contributed by atoms with Gasteiger partial charge in [-0.05, 0) is 272 Å². The topological polar surface area (TPSA) is 352 Å². The molecule has 0 radical (unpaired) electrons. The van der Waals surface area contributed by atoms with E-state index in [9.17, 15) is 42.7 Å². The molecule has 8 saturated heterocycles. The lowest BCUT2D eigenvalue weighted by Crippen LogP contribution is -2.56. The molecule has 149 heavy (non-hydrogen) atoms. The van der Waals surface area contributed by atoms with Gasteiger partial charge >= 0.3 is 0 Å². The van der Waals surface area contributed by atoms with Gasteiger partial charge in [0.05, 0.1) is 71.1 Å². The van der Waals surface area contributed by atoms with Crippen LogP contribution in [0, 0.1) is 43.3 Å². The first-order chi connectivity index (χ1) is 72.4. The Bertz CT molecular complexity index is 6520. The molecule has 0 aliphatic carbocycles. The van der Waals surface area contributed by atoms with Gasteiger partial charge in [0.15, 0.2) is 0 Å². The SMILES string of the molecule is CCc1ccc(-c2cccn3cc([C@@H]4CCCN4C(=O)[C@@H](NC(=O)[C@H](C)NC)C4CCOCC4)nc23)cc1.CN[C@@H](C)C(=O)N[C@H](C(=O)N1CCC[C@H]1c1cn2c(C)ccc(-c3ccccc3)c2n1)C1CCOCC1.CN[C@@H](C)C(=O)N[C@H](C(=O)N1CCC[C@H]1c1cn2cc(F)cc(-c3ccccc3)c2n1)C1CCOCC1.CN[C@@H](C)C(=O)N[C@H](C(=O)N1CCC[C@H]1c1cn2ccc(C)c(-c3ccccc3)c2n1)C1CCOCC1. The van der Waals surface area contributed by atoms with Gasteiger partial charge in [0, 0.05) is 150 Å². The number of fused-ring (bicyclic) bond motifs is 4. The van der Waals surface area contributed by atoms with Crippen LogP contribution in [0.3, 0.4) is 0 Å². The van der Waals surface area contributed by atoms with E-state index in [1.807, 2.05) is 132 Å². The summed E-state index contributed by atoms with van der Waals surface area (Å²) in [7, 11) is 6.98. The van der Waals surface area contributed by atoms with Crippen molar-refractivity contribution >= 4 is 69.8 Å². The summed E-state index contributed by atoms with van der Waals surface area (Å²) in [6.07, 6.45) is 27.4. The molecule has 0 spiro atoms. The van der Waals surface area contributed by atoms with Crippen molar-refractivity contribution in [3.8, 4) is 44.5 Å². The number of aryl methyl sites for hydroxylation is 3. The molecule has 790 valence electrons. The number of imidazole rings is 4. The van der Waals surface area contributed by atoms with E-state index in [0.29, 0.717) is 90.2 Å². The van der Waals surface area contributed by atoms with E-state index in [4.69, 9.17) is 38.9 Å². The van der Waals surface area contributed by atoms with Gasteiger partial charge in [-0.3, -0.25) is 38.4 Å². The molecule has 8 aliphatic heterocycles. The number of carbonyl (C=O) groups is 8. The zero-order chi connectivity index (χ0) is 104. The van der Waals surface area contributed by atoms with Crippen LogP contribution in [-0.2, 0) is 63.7 Å². The second kappa shape index (κ2) is 50.1. The fraction of sp³-hybridized carbons (Fsp3) is 0.483. The Labute approximate surface area is 872 Å². The van der Waals surface area contributed by atoms with Gasteiger partial charge in [-0.25, -0.2) is 24.3 Å². The minimum atomic E-state index is -0.623. The van der Waals surface area contributed by atoms with E-state index in [1.165, 1.54) is 17.8 Å². The number of nitrogens with one attached hydrogen (secondary N) is 8. The Morgan fingerprint density at radius 2 is 0.678 bits per heavy atom. The summed E-state index contributed by atoms with van der Waals surface area (Å²) in [5, 5.41) is 24.2. The van der Waals surface area contributed by atoms with Gasteiger partial charge in [-0.2, -0.15) is 0 Å². The van der Waals surface area contributed by atoms with Crippen LogP contribution in [-0.4, -0.2) is 260 Å². The predicted octanol–water partition coefficient (Wildman–Crippen LogP) is 14.1. The summed E-state index contributed by atoms with van der Waals surface area (Å²) in [5.41, 5.74) is 18.5. The van der Waals surface area contributed by atoms with Gasteiger partial charge < -0.3 is 98.7 Å². The molecule has 8 aliphatic rings. The molecule has 8 N–H and O–H groups in total. The summed E-state index contributed by atoms with van der Waals surface area (Å²) >= 11 is 0. The molecule has 20 rings (SSSR count). The van der Waals surface area contributed by atoms with Gasteiger partial charge in [0.25, 0.3) is 0 Å². The normalized spacial score (nSPS) is 20.1. The monoisotopic (exact) mass is 2030 g/mol. The number of carbonyl (C=O) groups excluding carboxylic acids is 8. The van der Waals surface area contributed by atoms with Crippen molar-refractivity contribution in [3.63, 3.8) is 0 Å². The van der Waals surface area contributed by atoms with E-state index in [0.717, 1.165) is 199 Å². The van der Waals surface area contributed by atoms with Crippen LogP contribution >= 0.6 is 0 Å². The van der Waals surface area contributed by atoms with Crippen molar-refractivity contribution in [2.45, 2.75) is 230 Å². The number of amides is 8. The Balaban J connectivity index is 0.000000135. The number of hydrogen-bond donors (Lipinski definition) is 8. The van der Waals surface area contributed by atoms with Crippen molar-refractivity contribution in [3.05, 3.63) is 240 Å². The third-order valence-electron chi connectivity index (χ3n) is 31.7. The van der Waals surface area contributed by atoms with Gasteiger partial charge in [-0.15, -0.1) is 0 Å². The summed E-state index contributed by atoms with van der Waals surface area (Å²) in [5.74, 6) is -0.939. The number of aromatic nitrogens is 8. The molecular weight excluding hydrogens is 1880 g/mol. The van der Waals surface area contributed by atoms with Crippen molar-refractivity contribution in [1.82, 2.24) is 99.7 Å². The average Bonchev–Trinajstić information content (AvgIpc) is 1.61. The van der Waals surface area contributed by atoms with Gasteiger partial charge in [0.1, 0.15) is 52.6 Å².